The van der Waals surface area contributed by atoms with Crippen LogP contribution in [0.3, 0.4) is 0 Å². The molecule has 1 saturated carbocycles. The zero-order valence-corrected chi connectivity index (χ0v) is 14.7. The van der Waals surface area contributed by atoms with E-state index in [9.17, 15) is 8.42 Å². The van der Waals surface area contributed by atoms with Crippen molar-refractivity contribution in [3.8, 4) is 0 Å². The Morgan fingerprint density at radius 1 is 1.23 bits per heavy atom. The molecule has 0 bridgehead atoms. The summed E-state index contributed by atoms with van der Waals surface area (Å²) in [4.78, 5) is 0.242. The smallest absolute Gasteiger partial charge is 0.248 e. The summed E-state index contributed by atoms with van der Waals surface area (Å²) in [5.41, 5.74) is 0.446. The largest absolute Gasteiger partial charge is 0.360 e. The summed E-state index contributed by atoms with van der Waals surface area (Å²) in [6.07, 6.45) is 4.42. The molecule has 2 fully saturated rings. The van der Waals surface area contributed by atoms with E-state index < -0.39 is 10.0 Å². The third-order valence-corrected chi connectivity index (χ3v) is 6.56. The van der Waals surface area contributed by atoms with Crippen LogP contribution in [0.2, 0.25) is 0 Å². The second-order valence-electron chi connectivity index (χ2n) is 6.18. The Kier molecular flexibility index (Phi) is 5.53. The van der Waals surface area contributed by atoms with Gasteiger partial charge in [-0.2, -0.15) is 4.31 Å². The van der Waals surface area contributed by atoms with E-state index >= 15 is 0 Å². The highest BCUT2D eigenvalue weighted by molar-refractivity contribution is 7.89. The van der Waals surface area contributed by atoms with Gasteiger partial charge in [-0.25, -0.2) is 8.42 Å². The minimum absolute atomic E-state index is 0. The van der Waals surface area contributed by atoms with E-state index in [-0.39, 0.29) is 17.3 Å². The van der Waals surface area contributed by atoms with Gasteiger partial charge < -0.3 is 9.84 Å². The van der Waals surface area contributed by atoms with Gasteiger partial charge >= 0.3 is 0 Å². The number of hydrogen-bond donors (Lipinski definition) is 1. The fourth-order valence-corrected chi connectivity index (χ4v) is 4.69. The number of rotatable bonds is 5. The number of nitrogens with one attached hydrogen (secondary N) is 1. The molecule has 8 heteroatoms. The molecule has 0 atom stereocenters. The molecule has 1 aromatic rings. The van der Waals surface area contributed by atoms with Gasteiger partial charge in [0.25, 0.3) is 0 Å². The van der Waals surface area contributed by atoms with Crippen molar-refractivity contribution in [1.29, 1.82) is 0 Å². The average molecular weight is 350 g/mol. The topological polar surface area (TPSA) is 75.4 Å². The van der Waals surface area contributed by atoms with Crippen molar-refractivity contribution in [2.75, 3.05) is 19.6 Å². The Morgan fingerprint density at radius 2 is 1.86 bits per heavy atom. The Labute approximate surface area is 138 Å². The molecule has 0 radical (unpaired) electrons. The predicted octanol–water partition coefficient (Wildman–Crippen LogP) is 1.87. The maximum Gasteiger partial charge on any atom is 0.248 e. The van der Waals surface area contributed by atoms with Crippen molar-refractivity contribution in [2.24, 2.45) is 5.92 Å². The van der Waals surface area contributed by atoms with Crippen LogP contribution in [0.5, 0.6) is 0 Å². The molecule has 0 spiro atoms. The van der Waals surface area contributed by atoms with Crippen molar-refractivity contribution in [3.05, 3.63) is 11.5 Å². The van der Waals surface area contributed by atoms with Crippen molar-refractivity contribution < 1.29 is 12.9 Å². The lowest BCUT2D eigenvalue weighted by Crippen LogP contribution is -2.45. The van der Waals surface area contributed by atoms with Crippen LogP contribution < -0.4 is 5.32 Å². The molecule has 1 aliphatic carbocycles. The molecule has 1 saturated heterocycles. The summed E-state index contributed by atoms with van der Waals surface area (Å²) in [5.74, 6) is 1.23. The van der Waals surface area contributed by atoms with Gasteiger partial charge in [-0.05, 0) is 52.0 Å². The minimum atomic E-state index is -3.47. The standard InChI is InChI=1S/C14H23N3O3S.ClH/c1-10-14(11(2)20-16-10)21(18,19)17-7-5-13(6-8-17)15-9-12-3-4-12;/h12-13,15H,3-9H2,1-2H3;1H. The molecule has 0 aromatic carbocycles. The average Bonchev–Trinajstić information content (AvgIpc) is 3.22. The number of sulfonamides is 1. The van der Waals surface area contributed by atoms with Crippen LogP contribution in [0.1, 0.15) is 37.1 Å². The Balaban J connectivity index is 0.00000176. The second-order valence-corrected chi connectivity index (χ2v) is 8.06. The van der Waals surface area contributed by atoms with Crippen LogP contribution in [-0.4, -0.2) is 43.6 Å². The summed E-state index contributed by atoms with van der Waals surface area (Å²) in [6.45, 7) is 5.54. The van der Waals surface area contributed by atoms with Crippen molar-refractivity contribution >= 4 is 22.4 Å². The quantitative estimate of drug-likeness (QED) is 0.878. The highest BCUT2D eigenvalue weighted by Gasteiger charge is 2.34. The normalized spacial score (nSPS) is 20.8. The lowest BCUT2D eigenvalue weighted by Gasteiger charge is -2.31. The van der Waals surface area contributed by atoms with Gasteiger partial charge in [0.2, 0.25) is 10.0 Å². The Bertz CT molecular complexity index is 585. The second kappa shape index (κ2) is 6.86. The van der Waals surface area contributed by atoms with E-state index in [1.54, 1.807) is 18.2 Å². The number of nitrogens with zero attached hydrogens (tertiary/aromatic N) is 2. The van der Waals surface area contributed by atoms with Gasteiger partial charge in [0.05, 0.1) is 0 Å². The summed E-state index contributed by atoms with van der Waals surface area (Å²) in [5, 5.41) is 7.32. The van der Waals surface area contributed by atoms with Crippen LogP contribution in [-0.2, 0) is 10.0 Å². The highest BCUT2D eigenvalue weighted by Crippen LogP contribution is 2.29. The van der Waals surface area contributed by atoms with Gasteiger partial charge in [0.15, 0.2) is 5.76 Å². The summed E-state index contributed by atoms with van der Waals surface area (Å²) in [6, 6.07) is 0.446. The SMILES string of the molecule is Cc1noc(C)c1S(=O)(=O)N1CCC(NCC2CC2)CC1.Cl. The maximum atomic E-state index is 12.7. The summed E-state index contributed by atoms with van der Waals surface area (Å²) in [7, 11) is -3.47. The predicted molar refractivity (Wildman–Crippen MR) is 85.7 cm³/mol. The first-order valence-corrected chi connectivity index (χ1v) is 9.09. The molecular weight excluding hydrogens is 326 g/mol. The number of hydrogen-bond acceptors (Lipinski definition) is 5. The molecule has 1 N–H and O–H groups in total. The van der Waals surface area contributed by atoms with E-state index in [1.165, 1.54) is 12.8 Å². The monoisotopic (exact) mass is 349 g/mol. The maximum absolute atomic E-state index is 12.7. The number of aryl methyl sites for hydroxylation is 2. The van der Waals surface area contributed by atoms with Crippen molar-refractivity contribution in [1.82, 2.24) is 14.8 Å². The van der Waals surface area contributed by atoms with Crippen molar-refractivity contribution in [2.45, 2.75) is 50.5 Å². The zero-order chi connectivity index (χ0) is 15.0. The van der Waals surface area contributed by atoms with Crippen molar-refractivity contribution in [3.63, 3.8) is 0 Å². The number of halogens is 1. The summed E-state index contributed by atoms with van der Waals surface area (Å²) < 4.78 is 31.9. The first-order chi connectivity index (χ1) is 9.98. The van der Waals surface area contributed by atoms with Crippen LogP contribution in [0, 0.1) is 19.8 Å². The molecule has 2 heterocycles. The van der Waals surface area contributed by atoms with E-state index in [4.69, 9.17) is 4.52 Å². The zero-order valence-electron chi connectivity index (χ0n) is 13.0. The van der Waals surface area contributed by atoms with Gasteiger partial charge in [0, 0.05) is 19.1 Å². The van der Waals surface area contributed by atoms with E-state index in [0.29, 0.717) is 30.6 Å². The van der Waals surface area contributed by atoms with Crippen LogP contribution in [0.25, 0.3) is 0 Å². The van der Waals surface area contributed by atoms with Gasteiger partial charge in [-0.15, -0.1) is 12.4 Å². The van der Waals surface area contributed by atoms with E-state index in [1.807, 2.05) is 0 Å². The highest BCUT2D eigenvalue weighted by atomic mass is 35.5. The van der Waals surface area contributed by atoms with Crippen LogP contribution in [0.15, 0.2) is 9.42 Å². The first kappa shape index (κ1) is 17.7. The third-order valence-electron chi connectivity index (χ3n) is 4.41. The molecule has 1 aromatic heterocycles. The molecule has 0 amide bonds. The molecule has 22 heavy (non-hydrogen) atoms. The molecule has 2 aliphatic rings. The summed E-state index contributed by atoms with van der Waals surface area (Å²) >= 11 is 0. The Hall–Kier alpha value is -0.630. The fraction of sp³-hybridized carbons (Fsp3) is 0.786. The fourth-order valence-electron chi connectivity index (χ4n) is 2.93. The van der Waals surface area contributed by atoms with E-state index in [0.717, 1.165) is 25.3 Å². The van der Waals surface area contributed by atoms with Gasteiger partial charge in [-0.1, -0.05) is 5.16 Å². The molecule has 6 nitrogen and oxygen atoms in total. The lowest BCUT2D eigenvalue weighted by molar-refractivity contribution is 0.287. The Morgan fingerprint density at radius 3 is 2.36 bits per heavy atom. The molecule has 126 valence electrons. The molecule has 3 rings (SSSR count). The van der Waals surface area contributed by atoms with Gasteiger partial charge in [-0.3, -0.25) is 0 Å². The third kappa shape index (κ3) is 3.64. The van der Waals surface area contributed by atoms with E-state index in [2.05, 4.69) is 10.5 Å². The molecule has 1 aliphatic heterocycles. The first-order valence-electron chi connectivity index (χ1n) is 7.65. The van der Waals surface area contributed by atoms with Gasteiger partial charge in [0.1, 0.15) is 10.6 Å². The number of piperidine rings is 1. The number of aromatic nitrogens is 1. The van der Waals surface area contributed by atoms with Crippen LogP contribution in [0.4, 0.5) is 0 Å². The molecule has 0 unspecified atom stereocenters. The lowest BCUT2D eigenvalue weighted by atomic mass is 10.1. The molecular formula is C14H24ClN3O3S. The van der Waals surface area contributed by atoms with Crippen LogP contribution >= 0.6 is 12.4 Å². The minimum Gasteiger partial charge on any atom is -0.360 e.